The Morgan fingerprint density at radius 2 is 1.88 bits per heavy atom. The Morgan fingerprint density at radius 1 is 1.16 bits per heavy atom. The number of nitrogens with zero attached hydrogens (tertiary/aromatic N) is 3. The number of likely N-dealkylation sites (tertiary alicyclic amines) is 1. The summed E-state index contributed by atoms with van der Waals surface area (Å²) in [6.45, 7) is 5.86. The fourth-order valence-electron chi connectivity index (χ4n) is 4.22. The number of methoxy groups -OCH3 is 1. The standard InChI is InChI=1S/C24H28N4O3S/c1-15-4-6-17(7-5-15)20-16(2)32-23-21(20)22(26-14-27-23)25-11-8-19(29)28-12-9-18(10-13-28)24(30)31-3/h4-7,14,18H,8-13H2,1-3H3,(H,25,26,27). The maximum Gasteiger partial charge on any atom is 0.308 e. The van der Waals surface area contributed by atoms with Crippen LogP contribution in [0.1, 0.15) is 29.7 Å². The number of hydrogen-bond donors (Lipinski definition) is 1. The van der Waals surface area contributed by atoms with E-state index in [1.165, 1.54) is 17.6 Å². The van der Waals surface area contributed by atoms with E-state index in [0.29, 0.717) is 38.9 Å². The normalized spacial score (nSPS) is 14.5. The lowest BCUT2D eigenvalue weighted by Gasteiger charge is -2.30. The van der Waals surface area contributed by atoms with Crippen molar-refractivity contribution in [2.45, 2.75) is 33.1 Å². The van der Waals surface area contributed by atoms with Gasteiger partial charge in [-0.1, -0.05) is 29.8 Å². The van der Waals surface area contributed by atoms with Crippen molar-refractivity contribution in [3.63, 3.8) is 0 Å². The number of thiophene rings is 1. The number of nitrogens with one attached hydrogen (secondary N) is 1. The molecule has 1 N–H and O–H groups in total. The van der Waals surface area contributed by atoms with Gasteiger partial charge in [-0.25, -0.2) is 9.97 Å². The molecule has 0 saturated carbocycles. The number of hydrogen-bond acceptors (Lipinski definition) is 7. The first-order chi connectivity index (χ1) is 15.5. The zero-order chi connectivity index (χ0) is 22.7. The van der Waals surface area contributed by atoms with Gasteiger partial charge in [0.15, 0.2) is 0 Å². The quantitative estimate of drug-likeness (QED) is 0.565. The van der Waals surface area contributed by atoms with E-state index in [1.54, 1.807) is 17.7 Å². The lowest BCUT2D eigenvalue weighted by molar-refractivity contribution is -0.148. The summed E-state index contributed by atoms with van der Waals surface area (Å²) >= 11 is 1.65. The molecule has 4 rings (SSSR count). The Kier molecular flexibility index (Phi) is 6.69. The highest BCUT2D eigenvalue weighted by molar-refractivity contribution is 7.19. The van der Waals surface area contributed by atoms with Crippen LogP contribution in [0.3, 0.4) is 0 Å². The van der Waals surface area contributed by atoms with E-state index < -0.39 is 0 Å². The van der Waals surface area contributed by atoms with Crippen LogP contribution in [0.5, 0.6) is 0 Å². The third-order valence-electron chi connectivity index (χ3n) is 6.02. The molecule has 3 heterocycles. The monoisotopic (exact) mass is 452 g/mol. The SMILES string of the molecule is COC(=O)C1CCN(C(=O)CCNc2ncnc3sc(C)c(-c4ccc(C)cc4)c23)CC1. The Hall–Kier alpha value is -3.00. The van der Waals surface area contributed by atoms with E-state index in [4.69, 9.17) is 4.74 Å². The van der Waals surface area contributed by atoms with Crippen molar-refractivity contribution in [2.24, 2.45) is 5.92 Å². The highest BCUT2D eigenvalue weighted by atomic mass is 32.1. The Labute approximate surface area is 191 Å². The van der Waals surface area contributed by atoms with Crippen LogP contribution in [0.25, 0.3) is 21.3 Å². The van der Waals surface area contributed by atoms with Crippen molar-refractivity contribution in [1.29, 1.82) is 0 Å². The topological polar surface area (TPSA) is 84.4 Å². The third kappa shape index (κ3) is 4.60. The molecular formula is C24H28N4O3S. The highest BCUT2D eigenvalue weighted by Gasteiger charge is 2.27. The van der Waals surface area contributed by atoms with Crippen LogP contribution in [-0.4, -0.2) is 53.5 Å². The summed E-state index contributed by atoms with van der Waals surface area (Å²) in [6.07, 6.45) is 3.26. The molecule has 0 spiro atoms. The number of ether oxygens (including phenoxy) is 1. The summed E-state index contributed by atoms with van der Waals surface area (Å²) in [5, 5.41) is 4.37. The van der Waals surface area contributed by atoms with Gasteiger partial charge in [0.2, 0.25) is 5.91 Å². The molecule has 0 radical (unpaired) electrons. The minimum absolute atomic E-state index is 0.0892. The van der Waals surface area contributed by atoms with Gasteiger partial charge in [-0.2, -0.15) is 0 Å². The molecule has 0 unspecified atom stereocenters. The number of aryl methyl sites for hydroxylation is 2. The largest absolute Gasteiger partial charge is 0.469 e. The molecule has 3 aromatic rings. The van der Waals surface area contributed by atoms with Gasteiger partial charge in [-0.05, 0) is 32.3 Å². The van der Waals surface area contributed by atoms with Gasteiger partial charge in [-0.15, -0.1) is 11.3 Å². The lowest BCUT2D eigenvalue weighted by atomic mass is 9.97. The van der Waals surface area contributed by atoms with E-state index in [1.807, 2.05) is 4.90 Å². The van der Waals surface area contributed by atoms with Gasteiger partial charge in [0, 0.05) is 36.5 Å². The first kappa shape index (κ1) is 22.2. The number of esters is 1. The summed E-state index contributed by atoms with van der Waals surface area (Å²) in [6, 6.07) is 8.47. The number of carbonyl (C=O) groups is 2. The number of aromatic nitrogens is 2. The van der Waals surface area contributed by atoms with Crippen molar-refractivity contribution in [3.05, 3.63) is 41.0 Å². The molecule has 7 nitrogen and oxygen atoms in total. The molecule has 168 valence electrons. The predicted octanol–water partition coefficient (Wildman–Crippen LogP) is 4.19. The maximum absolute atomic E-state index is 12.7. The highest BCUT2D eigenvalue weighted by Crippen LogP contribution is 2.40. The molecule has 1 aromatic carbocycles. The van der Waals surface area contributed by atoms with Crippen molar-refractivity contribution in [3.8, 4) is 11.1 Å². The van der Waals surface area contributed by atoms with Gasteiger partial charge in [-0.3, -0.25) is 9.59 Å². The zero-order valence-electron chi connectivity index (χ0n) is 18.7. The number of piperidine rings is 1. The smallest absolute Gasteiger partial charge is 0.308 e. The summed E-state index contributed by atoms with van der Waals surface area (Å²) in [7, 11) is 1.41. The van der Waals surface area contributed by atoms with Crippen molar-refractivity contribution in [2.75, 3.05) is 32.1 Å². The van der Waals surface area contributed by atoms with Gasteiger partial charge in [0.05, 0.1) is 18.4 Å². The van der Waals surface area contributed by atoms with Crippen molar-refractivity contribution < 1.29 is 14.3 Å². The van der Waals surface area contributed by atoms with Crippen molar-refractivity contribution >= 4 is 39.2 Å². The number of carbonyl (C=O) groups excluding carboxylic acids is 2. The molecule has 0 bridgehead atoms. The van der Waals surface area contributed by atoms with Crippen LogP contribution in [-0.2, 0) is 14.3 Å². The van der Waals surface area contributed by atoms with Gasteiger partial charge in [0.1, 0.15) is 17.0 Å². The maximum atomic E-state index is 12.7. The molecule has 1 amide bonds. The van der Waals surface area contributed by atoms with Gasteiger partial charge < -0.3 is 15.0 Å². The third-order valence-corrected chi connectivity index (χ3v) is 7.03. The number of fused-ring (bicyclic) bond motifs is 1. The van der Waals surface area contributed by atoms with Gasteiger partial charge >= 0.3 is 5.97 Å². The summed E-state index contributed by atoms with van der Waals surface area (Å²) in [4.78, 5) is 37.3. The lowest BCUT2D eigenvalue weighted by Crippen LogP contribution is -2.41. The molecule has 8 heteroatoms. The fraction of sp³-hybridized carbons (Fsp3) is 0.417. The predicted molar refractivity (Wildman–Crippen MR) is 127 cm³/mol. The van der Waals surface area contributed by atoms with Crippen LogP contribution in [0.15, 0.2) is 30.6 Å². The summed E-state index contributed by atoms with van der Waals surface area (Å²) < 4.78 is 4.82. The van der Waals surface area contributed by atoms with Crippen LogP contribution in [0, 0.1) is 19.8 Å². The molecule has 2 aromatic heterocycles. The van der Waals surface area contributed by atoms with Crippen LogP contribution >= 0.6 is 11.3 Å². The Morgan fingerprint density at radius 3 is 2.56 bits per heavy atom. The molecule has 32 heavy (non-hydrogen) atoms. The summed E-state index contributed by atoms with van der Waals surface area (Å²) in [5.74, 6) is 0.569. The summed E-state index contributed by atoms with van der Waals surface area (Å²) in [5.41, 5.74) is 3.50. The van der Waals surface area contributed by atoms with E-state index in [9.17, 15) is 9.59 Å². The first-order valence-corrected chi connectivity index (χ1v) is 11.7. The Balaban J connectivity index is 1.43. The number of amides is 1. The van der Waals surface area contributed by atoms with E-state index in [0.717, 1.165) is 27.2 Å². The fourth-order valence-corrected chi connectivity index (χ4v) is 5.24. The molecule has 1 saturated heterocycles. The van der Waals surface area contributed by atoms with E-state index >= 15 is 0 Å². The molecular weight excluding hydrogens is 424 g/mol. The second-order valence-electron chi connectivity index (χ2n) is 8.16. The average Bonchev–Trinajstić information content (AvgIpc) is 3.15. The second-order valence-corrected chi connectivity index (χ2v) is 9.36. The second kappa shape index (κ2) is 9.65. The minimum Gasteiger partial charge on any atom is -0.469 e. The zero-order valence-corrected chi connectivity index (χ0v) is 19.5. The molecule has 0 atom stereocenters. The number of benzene rings is 1. The molecule has 1 fully saturated rings. The average molecular weight is 453 g/mol. The first-order valence-electron chi connectivity index (χ1n) is 10.9. The van der Waals surface area contributed by atoms with Gasteiger partial charge in [0.25, 0.3) is 0 Å². The van der Waals surface area contributed by atoms with E-state index in [2.05, 4.69) is 53.4 Å². The van der Waals surface area contributed by atoms with Crippen LogP contribution < -0.4 is 5.32 Å². The number of rotatable bonds is 6. The van der Waals surface area contributed by atoms with Crippen LogP contribution in [0.4, 0.5) is 5.82 Å². The molecule has 0 aliphatic carbocycles. The van der Waals surface area contributed by atoms with E-state index in [-0.39, 0.29) is 17.8 Å². The van der Waals surface area contributed by atoms with Crippen LogP contribution in [0.2, 0.25) is 0 Å². The minimum atomic E-state index is -0.179. The number of anilines is 1. The Bertz CT molecular complexity index is 1120. The molecule has 1 aliphatic rings. The van der Waals surface area contributed by atoms with Crippen molar-refractivity contribution in [1.82, 2.24) is 14.9 Å². The molecule has 1 aliphatic heterocycles.